The quantitative estimate of drug-likeness (QED) is 0.923. The van der Waals surface area contributed by atoms with Crippen LogP contribution in [0.4, 0.5) is 10.5 Å². The van der Waals surface area contributed by atoms with Crippen LogP contribution in [0, 0.1) is 5.92 Å². The van der Waals surface area contributed by atoms with Crippen molar-refractivity contribution in [3.8, 4) is 0 Å². The molecule has 116 valence electrons. The van der Waals surface area contributed by atoms with Crippen molar-refractivity contribution in [2.75, 3.05) is 38.0 Å². The fourth-order valence-corrected chi connectivity index (χ4v) is 2.57. The summed E-state index contributed by atoms with van der Waals surface area (Å²) < 4.78 is 0. The Kier molecular flexibility index (Phi) is 5.88. The topological polar surface area (TPSA) is 35.6 Å². The summed E-state index contributed by atoms with van der Waals surface area (Å²) in [7, 11) is 0. The van der Waals surface area contributed by atoms with Crippen molar-refractivity contribution >= 4 is 23.3 Å². The molecule has 1 N–H and O–H groups in total. The molecule has 1 aliphatic rings. The highest BCUT2D eigenvalue weighted by Gasteiger charge is 2.20. The molecule has 1 saturated heterocycles. The molecule has 0 aromatic heterocycles. The lowest BCUT2D eigenvalue weighted by atomic mass is 10.1. The minimum absolute atomic E-state index is 0.0409. The van der Waals surface area contributed by atoms with Gasteiger partial charge in [0.05, 0.1) is 0 Å². The second kappa shape index (κ2) is 7.66. The molecule has 1 aliphatic heterocycles. The van der Waals surface area contributed by atoms with E-state index in [1.54, 1.807) is 12.1 Å². The average molecular weight is 310 g/mol. The van der Waals surface area contributed by atoms with Crippen LogP contribution in [0.25, 0.3) is 0 Å². The third kappa shape index (κ3) is 5.21. The lowest BCUT2D eigenvalue weighted by Gasteiger charge is -2.35. The average Bonchev–Trinajstić information content (AvgIpc) is 2.45. The van der Waals surface area contributed by atoms with E-state index in [1.807, 2.05) is 17.0 Å². The Morgan fingerprint density at radius 1 is 1.29 bits per heavy atom. The van der Waals surface area contributed by atoms with Gasteiger partial charge in [0.25, 0.3) is 0 Å². The zero-order valence-corrected chi connectivity index (χ0v) is 13.6. The summed E-state index contributed by atoms with van der Waals surface area (Å²) in [6, 6.07) is 7.20. The van der Waals surface area contributed by atoms with Crippen molar-refractivity contribution in [1.29, 1.82) is 0 Å². The molecular weight excluding hydrogens is 286 g/mol. The van der Waals surface area contributed by atoms with E-state index >= 15 is 0 Å². The maximum absolute atomic E-state index is 12.2. The molecule has 2 rings (SSSR count). The van der Waals surface area contributed by atoms with Gasteiger partial charge in [-0.15, -0.1) is 0 Å². The Morgan fingerprint density at radius 3 is 2.62 bits per heavy atom. The molecule has 21 heavy (non-hydrogen) atoms. The summed E-state index contributed by atoms with van der Waals surface area (Å²) in [5.74, 6) is 0.731. The van der Waals surface area contributed by atoms with Gasteiger partial charge < -0.3 is 10.2 Å². The van der Waals surface area contributed by atoms with Crippen LogP contribution in [0.15, 0.2) is 24.3 Å². The van der Waals surface area contributed by atoms with E-state index in [2.05, 4.69) is 24.1 Å². The third-order valence-corrected chi connectivity index (χ3v) is 3.99. The van der Waals surface area contributed by atoms with Crippen LogP contribution in [-0.2, 0) is 0 Å². The first-order chi connectivity index (χ1) is 10.0. The largest absolute Gasteiger partial charge is 0.322 e. The Hall–Kier alpha value is -1.26. The van der Waals surface area contributed by atoms with Gasteiger partial charge in [0.15, 0.2) is 0 Å². The molecule has 0 unspecified atom stereocenters. The highest BCUT2D eigenvalue weighted by molar-refractivity contribution is 6.30. The number of hydrogen-bond acceptors (Lipinski definition) is 2. The Balaban J connectivity index is 1.78. The number of urea groups is 1. The van der Waals surface area contributed by atoms with Crippen molar-refractivity contribution in [2.45, 2.75) is 20.3 Å². The first kappa shape index (κ1) is 16.1. The number of piperazine rings is 1. The second-order valence-corrected chi connectivity index (χ2v) is 6.39. The molecule has 0 bridgehead atoms. The molecular formula is C16H24ClN3O. The summed E-state index contributed by atoms with van der Waals surface area (Å²) in [5.41, 5.74) is 0.745. The first-order valence-electron chi connectivity index (χ1n) is 7.58. The van der Waals surface area contributed by atoms with Gasteiger partial charge in [-0.25, -0.2) is 4.79 Å². The standard InChI is InChI=1S/C16H24ClN3O/c1-13(2)6-7-19-8-10-20(11-9-19)16(21)18-15-5-3-4-14(17)12-15/h3-5,12-13H,6-11H2,1-2H3,(H,18,21). The van der Waals surface area contributed by atoms with Crippen LogP contribution in [0.3, 0.4) is 0 Å². The van der Waals surface area contributed by atoms with Crippen LogP contribution in [0.1, 0.15) is 20.3 Å². The third-order valence-electron chi connectivity index (χ3n) is 3.76. The van der Waals surface area contributed by atoms with E-state index in [0.717, 1.165) is 44.3 Å². The summed E-state index contributed by atoms with van der Waals surface area (Å²) in [6.45, 7) is 9.09. The number of halogens is 1. The number of carbonyl (C=O) groups is 1. The van der Waals surface area contributed by atoms with Crippen LogP contribution < -0.4 is 5.32 Å². The fraction of sp³-hybridized carbons (Fsp3) is 0.562. The minimum Gasteiger partial charge on any atom is -0.322 e. The number of carbonyl (C=O) groups excluding carboxylic acids is 1. The maximum atomic E-state index is 12.2. The van der Waals surface area contributed by atoms with Gasteiger partial charge in [-0.3, -0.25) is 4.90 Å². The van der Waals surface area contributed by atoms with Gasteiger partial charge in [0.2, 0.25) is 0 Å². The Labute approximate surface area is 132 Å². The maximum Gasteiger partial charge on any atom is 0.321 e. The van der Waals surface area contributed by atoms with Crippen LogP contribution >= 0.6 is 11.6 Å². The second-order valence-electron chi connectivity index (χ2n) is 5.95. The van der Waals surface area contributed by atoms with E-state index in [1.165, 1.54) is 6.42 Å². The molecule has 1 heterocycles. The van der Waals surface area contributed by atoms with Crippen molar-refractivity contribution in [3.63, 3.8) is 0 Å². The van der Waals surface area contributed by atoms with Gasteiger partial charge in [0, 0.05) is 36.9 Å². The van der Waals surface area contributed by atoms with E-state index in [-0.39, 0.29) is 6.03 Å². The van der Waals surface area contributed by atoms with Crippen LogP contribution in [-0.4, -0.2) is 48.6 Å². The molecule has 1 fully saturated rings. The number of nitrogens with one attached hydrogen (secondary N) is 1. The van der Waals surface area contributed by atoms with Crippen molar-refractivity contribution in [3.05, 3.63) is 29.3 Å². The molecule has 2 amide bonds. The van der Waals surface area contributed by atoms with Gasteiger partial charge in [0.1, 0.15) is 0 Å². The Morgan fingerprint density at radius 2 is 2.00 bits per heavy atom. The lowest BCUT2D eigenvalue weighted by Crippen LogP contribution is -2.50. The normalized spacial score (nSPS) is 16.3. The molecule has 1 aromatic rings. The number of anilines is 1. The molecule has 1 aromatic carbocycles. The molecule has 0 radical (unpaired) electrons. The molecule has 0 saturated carbocycles. The molecule has 0 atom stereocenters. The molecule has 4 nitrogen and oxygen atoms in total. The lowest BCUT2D eigenvalue weighted by molar-refractivity contribution is 0.143. The zero-order chi connectivity index (χ0) is 15.2. The van der Waals surface area contributed by atoms with E-state index in [4.69, 9.17) is 11.6 Å². The molecule has 5 heteroatoms. The smallest absolute Gasteiger partial charge is 0.321 e. The summed E-state index contributed by atoms with van der Waals surface area (Å²) in [6.07, 6.45) is 1.22. The van der Waals surface area contributed by atoms with Crippen molar-refractivity contribution in [2.24, 2.45) is 5.92 Å². The van der Waals surface area contributed by atoms with Crippen LogP contribution in [0.5, 0.6) is 0 Å². The zero-order valence-electron chi connectivity index (χ0n) is 12.8. The monoisotopic (exact) mass is 309 g/mol. The fourth-order valence-electron chi connectivity index (χ4n) is 2.38. The number of nitrogens with zero attached hydrogens (tertiary/aromatic N) is 2. The van der Waals surface area contributed by atoms with Gasteiger partial charge in [-0.2, -0.15) is 0 Å². The van der Waals surface area contributed by atoms with Crippen molar-refractivity contribution < 1.29 is 4.79 Å². The number of benzene rings is 1. The summed E-state index contributed by atoms with van der Waals surface area (Å²) >= 11 is 5.92. The predicted molar refractivity (Wildman–Crippen MR) is 87.9 cm³/mol. The first-order valence-corrected chi connectivity index (χ1v) is 7.96. The molecule has 0 spiro atoms. The van der Waals surface area contributed by atoms with Gasteiger partial charge in [-0.05, 0) is 37.1 Å². The number of hydrogen-bond donors (Lipinski definition) is 1. The number of rotatable bonds is 4. The number of amides is 2. The van der Waals surface area contributed by atoms with E-state index in [9.17, 15) is 4.79 Å². The van der Waals surface area contributed by atoms with Crippen LogP contribution in [0.2, 0.25) is 5.02 Å². The van der Waals surface area contributed by atoms with Gasteiger partial charge in [-0.1, -0.05) is 31.5 Å². The summed E-state index contributed by atoms with van der Waals surface area (Å²) in [5, 5.41) is 3.53. The van der Waals surface area contributed by atoms with Gasteiger partial charge >= 0.3 is 6.03 Å². The molecule has 0 aliphatic carbocycles. The highest BCUT2D eigenvalue weighted by Crippen LogP contribution is 2.16. The SMILES string of the molecule is CC(C)CCN1CCN(C(=O)Nc2cccc(Cl)c2)CC1. The summed E-state index contributed by atoms with van der Waals surface area (Å²) in [4.78, 5) is 16.5. The van der Waals surface area contributed by atoms with E-state index in [0.29, 0.717) is 5.02 Å². The van der Waals surface area contributed by atoms with E-state index < -0.39 is 0 Å². The van der Waals surface area contributed by atoms with Crippen molar-refractivity contribution in [1.82, 2.24) is 9.80 Å². The minimum atomic E-state index is -0.0409. The predicted octanol–water partition coefficient (Wildman–Crippen LogP) is 3.54. The highest BCUT2D eigenvalue weighted by atomic mass is 35.5. The Bertz CT molecular complexity index is 470.